The standard InChI is InChI=1S/C3Br2N2.C3HBrN2/c4-3(5,1-6)2-7;4-3(1-5)2-6/h;3H. The molecule has 0 saturated carbocycles. The Kier molecular flexibility index (Phi) is 9.19. The van der Waals surface area contributed by atoms with Crippen LogP contribution < -0.4 is 0 Å². The van der Waals surface area contributed by atoms with Crippen molar-refractivity contribution in [2.75, 3.05) is 0 Å². The van der Waals surface area contributed by atoms with Crippen LogP contribution in [0.1, 0.15) is 0 Å². The highest BCUT2D eigenvalue weighted by molar-refractivity contribution is 9.25. The lowest BCUT2D eigenvalue weighted by molar-refractivity contribution is 1.32. The van der Waals surface area contributed by atoms with Gasteiger partial charge in [-0.3, -0.25) is 0 Å². The van der Waals surface area contributed by atoms with Gasteiger partial charge in [-0.25, -0.2) is 0 Å². The monoisotopic (exact) mass is 366 g/mol. The largest absolute Gasteiger partial charge is 0.251 e. The molecule has 0 aromatic heterocycles. The smallest absolute Gasteiger partial charge is 0.196 e. The Morgan fingerprint density at radius 3 is 1.23 bits per heavy atom. The summed E-state index contributed by atoms with van der Waals surface area (Å²) >= 11 is 8.30. The third kappa shape index (κ3) is 11.4. The third-order valence-corrected chi connectivity index (χ3v) is 1.63. The van der Waals surface area contributed by atoms with E-state index in [9.17, 15) is 0 Å². The van der Waals surface area contributed by atoms with Gasteiger partial charge in [0.2, 0.25) is 0 Å². The summed E-state index contributed by atoms with van der Waals surface area (Å²) in [6.45, 7) is 0. The minimum atomic E-state index is -1.18. The van der Waals surface area contributed by atoms with Crippen molar-refractivity contribution in [3.05, 3.63) is 0 Å². The molecule has 0 spiro atoms. The van der Waals surface area contributed by atoms with Crippen LogP contribution in [-0.2, 0) is 0 Å². The summed E-state index contributed by atoms with van der Waals surface area (Å²) in [7, 11) is 0. The summed E-state index contributed by atoms with van der Waals surface area (Å²) in [6.07, 6.45) is 0. The molecule has 0 amide bonds. The molecule has 0 unspecified atom stereocenters. The van der Waals surface area contributed by atoms with Crippen molar-refractivity contribution in [2.24, 2.45) is 0 Å². The van der Waals surface area contributed by atoms with E-state index in [-0.39, 0.29) is 0 Å². The number of hydrogen-bond donors (Lipinski definition) is 0. The van der Waals surface area contributed by atoms with Gasteiger partial charge in [0, 0.05) is 0 Å². The lowest BCUT2D eigenvalue weighted by Crippen LogP contribution is -2.00. The first-order valence-corrected chi connectivity index (χ1v) is 5.07. The van der Waals surface area contributed by atoms with Gasteiger partial charge in [0.05, 0.1) is 12.1 Å². The highest BCUT2D eigenvalue weighted by Gasteiger charge is 2.19. The molecule has 0 aliphatic rings. The van der Waals surface area contributed by atoms with Crippen LogP contribution in [0.2, 0.25) is 0 Å². The van der Waals surface area contributed by atoms with Gasteiger partial charge in [0.1, 0.15) is 12.1 Å². The van der Waals surface area contributed by atoms with Gasteiger partial charge in [-0.1, -0.05) is 15.9 Å². The van der Waals surface area contributed by atoms with Crippen molar-refractivity contribution in [3.8, 4) is 24.3 Å². The SMILES string of the molecule is N#CC(Br)(Br)C#N.N#CC(Br)C#N. The van der Waals surface area contributed by atoms with Gasteiger partial charge in [-0.15, -0.1) is 0 Å². The summed E-state index contributed by atoms with van der Waals surface area (Å²) in [5.74, 6) is 0. The van der Waals surface area contributed by atoms with Crippen LogP contribution in [0, 0.1) is 45.3 Å². The average Bonchev–Trinajstić information content (AvgIpc) is 2.17. The summed E-state index contributed by atoms with van der Waals surface area (Å²) < 4.78 is -1.18. The van der Waals surface area contributed by atoms with E-state index in [1.54, 1.807) is 24.3 Å². The summed E-state index contributed by atoms with van der Waals surface area (Å²) in [6, 6.07) is 6.67. The molecule has 0 N–H and O–H groups in total. The third-order valence-electron chi connectivity index (χ3n) is 0.508. The molecule has 0 heterocycles. The topological polar surface area (TPSA) is 95.2 Å². The Hall–Kier alpha value is -0.600. The molecule has 0 fully saturated rings. The predicted octanol–water partition coefficient (Wildman–Crippen LogP) is 2.32. The number of alkyl halides is 3. The normalized spacial score (nSPS) is 8.00. The van der Waals surface area contributed by atoms with Crippen molar-refractivity contribution in [1.82, 2.24) is 0 Å². The van der Waals surface area contributed by atoms with E-state index in [2.05, 4.69) is 47.8 Å². The quantitative estimate of drug-likeness (QED) is 0.613. The zero-order chi connectivity index (χ0) is 10.9. The molecular formula is C6HBr3N4. The maximum atomic E-state index is 8.03. The fourth-order valence-electron chi connectivity index (χ4n) is 0.0539. The molecule has 0 aromatic carbocycles. The second-order valence-corrected chi connectivity index (χ2v) is 5.78. The molecule has 13 heavy (non-hydrogen) atoms. The summed E-state index contributed by atoms with van der Waals surface area (Å²) in [5.41, 5.74) is 0. The van der Waals surface area contributed by atoms with Crippen LogP contribution in [0.25, 0.3) is 0 Å². The maximum absolute atomic E-state index is 8.03. The average molecular weight is 369 g/mol. The van der Waals surface area contributed by atoms with Crippen molar-refractivity contribution in [3.63, 3.8) is 0 Å². The van der Waals surface area contributed by atoms with Crippen LogP contribution in [0.4, 0.5) is 0 Å². The van der Waals surface area contributed by atoms with Crippen molar-refractivity contribution in [1.29, 1.82) is 21.0 Å². The van der Waals surface area contributed by atoms with Gasteiger partial charge in [-0.05, 0) is 31.9 Å². The molecule has 0 rings (SSSR count). The molecule has 0 atom stereocenters. The van der Waals surface area contributed by atoms with E-state index in [0.29, 0.717) is 0 Å². The molecular weight excluding hydrogens is 368 g/mol. The van der Waals surface area contributed by atoms with Gasteiger partial charge in [0.15, 0.2) is 4.83 Å². The van der Waals surface area contributed by atoms with Crippen molar-refractivity contribution < 1.29 is 0 Å². The Bertz CT molecular complexity index is 281. The first-order chi connectivity index (χ1) is 5.93. The molecule has 0 aliphatic heterocycles. The minimum Gasteiger partial charge on any atom is -0.196 e. The number of nitrogens with zero attached hydrogens (tertiary/aromatic N) is 4. The van der Waals surface area contributed by atoms with E-state index in [1.807, 2.05) is 0 Å². The molecule has 7 heteroatoms. The highest BCUT2D eigenvalue weighted by Crippen LogP contribution is 2.22. The van der Waals surface area contributed by atoms with Gasteiger partial charge >= 0.3 is 0 Å². The van der Waals surface area contributed by atoms with Crippen LogP contribution in [-0.4, -0.2) is 8.06 Å². The first-order valence-electron chi connectivity index (χ1n) is 2.57. The highest BCUT2D eigenvalue weighted by atomic mass is 79.9. The van der Waals surface area contributed by atoms with E-state index < -0.39 is 8.06 Å². The van der Waals surface area contributed by atoms with Gasteiger partial charge < -0.3 is 0 Å². The lowest BCUT2D eigenvalue weighted by atomic mass is 10.5. The lowest BCUT2D eigenvalue weighted by Gasteiger charge is -1.91. The van der Waals surface area contributed by atoms with Crippen LogP contribution in [0.5, 0.6) is 0 Å². The number of halogens is 3. The number of rotatable bonds is 0. The zero-order valence-corrected chi connectivity index (χ0v) is 10.8. The summed E-state index contributed by atoms with van der Waals surface area (Å²) in [4.78, 5) is -0.641. The minimum absolute atomic E-state index is 0.641. The Labute approximate surface area is 101 Å². The van der Waals surface area contributed by atoms with Crippen LogP contribution in [0.15, 0.2) is 0 Å². The second kappa shape index (κ2) is 8.02. The van der Waals surface area contributed by atoms with E-state index in [1.165, 1.54) is 0 Å². The summed E-state index contributed by atoms with van der Waals surface area (Å²) in [5, 5.41) is 31.7. The van der Waals surface area contributed by atoms with Crippen molar-refractivity contribution in [2.45, 2.75) is 8.06 Å². The van der Waals surface area contributed by atoms with Gasteiger partial charge in [0.25, 0.3) is 3.23 Å². The molecule has 0 bridgehead atoms. The predicted molar refractivity (Wildman–Crippen MR) is 55.8 cm³/mol. The van der Waals surface area contributed by atoms with E-state index in [0.717, 1.165) is 0 Å². The Morgan fingerprint density at radius 1 is 0.923 bits per heavy atom. The number of nitriles is 4. The molecule has 0 radical (unpaired) electrons. The molecule has 0 aromatic rings. The first kappa shape index (κ1) is 14.9. The molecule has 66 valence electrons. The molecule has 0 aliphatic carbocycles. The van der Waals surface area contributed by atoms with Crippen LogP contribution in [0.3, 0.4) is 0 Å². The fraction of sp³-hybridized carbons (Fsp3) is 0.333. The van der Waals surface area contributed by atoms with E-state index in [4.69, 9.17) is 21.0 Å². The Morgan fingerprint density at radius 2 is 1.23 bits per heavy atom. The van der Waals surface area contributed by atoms with Crippen molar-refractivity contribution >= 4 is 47.8 Å². The van der Waals surface area contributed by atoms with Crippen LogP contribution >= 0.6 is 47.8 Å². The maximum Gasteiger partial charge on any atom is 0.251 e. The number of hydrogen-bond acceptors (Lipinski definition) is 4. The zero-order valence-electron chi connectivity index (χ0n) is 6.00. The van der Waals surface area contributed by atoms with E-state index >= 15 is 0 Å². The fourth-order valence-corrected chi connectivity index (χ4v) is 0.0539. The molecule has 0 saturated heterocycles. The second-order valence-electron chi connectivity index (χ2n) is 1.42. The molecule has 4 nitrogen and oxygen atoms in total. The van der Waals surface area contributed by atoms with Gasteiger partial charge in [-0.2, -0.15) is 21.0 Å². The Balaban J connectivity index is 0.